The Morgan fingerprint density at radius 2 is 1.84 bits per heavy atom. The third-order valence-corrected chi connectivity index (χ3v) is 2.72. The van der Waals surface area contributed by atoms with Crippen LogP contribution in [0, 0.1) is 0 Å². The molecule has 0 bridgehead atoms. The molecule has 0 spiro atoms. The lowest BCUT2D eigenvalue weighted by molar-refractivity contribution is -0.142. The molecule has 3 amide bonds. The number of carboxylic acids is 1. The second-order valence-electron chi connectivity index (χ2n) is 4.73. The number of carboxylic acid groups (broad SMARTS) is 1. The normalized spacial score (nSPS) is 15.8. The van der Waals surface area contributed by atoms with Crippen molar-refractivity contribution in [3.8, 4) is 0 Å². The monoisotopic (exact) mass is 273 g/mol. The molecule has 8 nitrogen and oxygen atoms in total. The largest absolute Gasteiger partial charge is 0.480 e. The molecule has 0 aromatic carbocycles. The van der Waals surface area contributed by atoms with Gasteiger partial charge in [0.25, 0.3) is 0 Å². The summed E-state index contributed by atoms with van der Waals surface area (Å²) in [5.41, 5.74) is -1.38. The zero-order valence-corrected chi connectivity index (χ0v) is 11.1. The first-order valence-corrected chi connectivity index (χ1v) is 5.98. The van der Waals surface area contributed by atoms with E-state index in [9.17, 15) is 14.4 Å². The predicted octanol–water partition coefficient (Wildman–Crippen LogP) is -0.992. The number of ether oxygens (including phenoxy) is 1. The standard InChI is InChI=1S/C11H19N3O5/c1-11(2,9(16)17)13-10(18)12-7-8(15)14-3-5-19-6-4-14/h3-7H2,1-2H3,(H,16,17)(H2,12,13,18). The second-order valence-corrected chi connectivity index (χ2v) is 4.73. The Bertz CT molecular complexity index is 363. The minimum absolute atomic E-state index is 0.165. The van der Waals surface area contributed by atoms with E-state index in [2.05, 4.69) is 10.6 Å². The average molecular weight is 273 g/mol. The summed E-state index contributed by atoms with van der Waals surface area (Å²) in [6.07, 6.45) is 0. The highest BCUT2D eigenvalue weighted by Gasteiger charge is 2.29. The first-order valence-electron chi connectivity index (χ1n) is 5.98. The van der Waals surface area contributed by atoms with Gasteiger partial charge in [0.15, 0.2) is 0 Å². The van der Waals surface area contributed by atoms with Crippen LogP contribution < -0.4 is 10.6 Å². The van der Waals surface area contributed by atoms with E-state index in [1.165, 1.54) is 13.8 Å². The molecule has 0 aromatic heterocycles. The van der Waals surface area contributed by atoms with E-state index >= 15 is 0 Å². The SMILES string of the molecule is CC(C)(NC(=O)NCC(=O)N1CCOCC1)C(=O)O. The molecule has 0 saturated carbocycles. The highest BCUT2D eigenvalue weighted by molar-refractivity contribution is 5.88. The fourth-order valence-electron chi connectivity index (χ4n) is 1.46. The summed E-state index contributed by atoms with van der Waals surface area (Å²) < 4.78 is 5.11. The quantitative estimate of drug-likeness (QED) is 0.609. The lowest BCUT2D eigenvalue weighted by Gasteiger charge is -2.27. The van der Waals surface area contributed by atoms with Gasteiger partial charge in [-0.25, -0.2) is 9.59 Å². The Morgan fingerprint density at radius 1 is 1.26 bits per heavy atom. The van der Waals surface area contributed by atoms with E-state index in [1.807, 2.05) is 0 Å². The van der Waals surface area contributed by atoms with Crippen LogP contribution in [0.3, 0.4) is 0 Å². The molecule has 1 heterocycles. The van der Waals surface area contributed by atoms with Crippen molar-refractivity contribution in [1.29, 1.82) is 0 Å². The number of hydrogen-bond donors (Lipinski definition) is 3. The lowest BCUT2D eigenvalue weighted by atomic mass is 10.1. The van der Waals surface area contributed by atoms with Crippen molar-refractivity contribution in [3.63, 3.8) is 0 Å². The maximum absolute atomic E-state index is 11.7. The number of carbonyl (C=O) groups excluding carboxylic acids is 2. The number of aliphatic carboxylic acids is 1. The van der Waals surface area contributed by atoms with Gasteiger partial charge in [0, 0.05) is 13.1 Å². The molecule has 0 aromatic rings. The van der Waals surface area contributed by atoms with Gasteiger partial charge in [0.1, 0.15) is 5.54 Å². The van der Waals surface area contributed by atoms with Gasteiger partial charge in [0.2, 0.25) is 5.91 Å². The van der Waals surface area contributed by atoms with Crippen LogP contribution in [-0.2, 0) is 14.3 Å². The van der Waals surface area contributed by atoms with Crippen LogP contribution in [0.4, 0.5) is 4.79 Å². The lowest BCUT2D eigenvalue weighted by Crippen LogP contribution is -2.55. The summed E-state index contributed by atoms with van der Waals surface area (Å²) in [6, 6.07) is -0.686. The molecule has 1 rings (SSSR count). The fraction of sp³-hybridized carbons (Fsp3) is 0.727. The number of morpholine rings is 1. The van der Waals surface area contributed by atoms with Crippen molar-refractivity contribution < 1.29 is 24.2 Å². The van der Waals surface area contributed by atoms with E-state index < -0.39 is 17.5 Å². The number of nitrogens with zero attached hydrogens (tertiary/aromatic N) is 1. The third-order valence-electron chi connectivity index (χ3n) is 2.72. The van der Waals surface area contributed by atoms with Crippen molar-refractivity contribution >= 4 is 17.9 Å². The van der Waals surface area contributed by atoms with Gasteiger partial charge >= 0.3 is 12.0 Å². The molecular formula is C11H19N3O5. The smallest absolute Gasteiger partial charge is 0.328 e. The molecule has 1 aliphatic heterocycles. The average Bonchev–Trinajstić information content (AvgIpc) is 2.36. The summed E-state index contributed by atoms with van der Waals surface area (Å²) >= 11 is 0. The highest BCUT2D eigenvalue weighted by atomic mass is 16.5. The Hall–Kier alpha value is -1.83. The number of nitrogens with one attached hydrogen (secondary N) is 2. The third kappa shape index (κ3) is 4.74. The maximum atomic E-state index is 11.7. The zero-order chi connectivity index (χ0) is 14.5. The molecule has 108 valence electrons. The predicted molar refractivity (Wildman–Crippen MR) is 65.6 cm³/mol. The maximum Gasteiger partial charge on any atom is 0.328 e. The molecule has 8 heteroatoms. The van der Waals surface area contributed by atoms with E-state index in [1.54, 1.807) is 4.90 Å². The molecular weight excluding hydrogens is 254 g/mol. The van der Waals surface area contributed by atoms with Gasteiger partial charge in [-0.15, -0.1) is 0 Å². The number of rotatable bonds is 4. The number of hydrogen-bond acceptors (Lipinski definition) is 4. The van der Waals surface area contributed by atoms with Gasteiger partial charge in [-0.1, -0.05) is 0 Å². The van der Waals surface area contributed by atoms with Gasteiger partial charge < -0.3 is 25.4 Å². The molecule has 1 fully saturated rings. The molecule has 1 aliphatic rings. The number of carbonyl (C=O) groups is 3. The summed E-state index contributed by atoms with van der Waals surface area (Å²) in [4.78, 5) is 35.6. The molecule has 0 unspecified atom stereocenters. The van der Waals surface area contributed by atoms with E-state index in [0.717, 1.165) is 0 Å². The summed E-state index contributed by atoms with van der Waals surface area (Å²) in [5.74, 6) is -1.37. The molecule has 1 saturated heterocycles. The Kier molecular flexibility index (Phi) is 5.11. The first-order chi connectivity index (χ1) is 8.83. The van der Waals surface area contributed by atoms with Crippen LogP contribution in [-0.4, -0.2) is 66.3 Å². The fourth-order valence-corrected chi connectivity index (χ4v) is 1.46. The molecule has 0 aliphatic carbocycles. The van der Waals surface area contributed by atoms with Crippen LogP contribution in [0.15, 0.2) is 0 Å². The summed E-state index contributed by atoms with van der Waals surface area (Å²) in [6.45, 7) is 4.54. The van der Waals surface area contributed by atoms with Gasteiger partial charge in [-0.2, -0.15) is 0 Å². The Morgan fingerprint density at radius 3 is 2.37 bits per heavy atom. The summed E-state index contributed by atoms with van der Waals surface area (Å²) in [7, 11) is 0. The molecule has 0 atom stereocenters. The minimum atomic E-state index is -1.38. The van der Waals surface area contributed by atoms with Crippen LogP contribution in [0.1, 0.15) is 13.8 Å². The van der Waals surface area contributed by atoms with Crippen LogP contribution in [0.5, 0.6) is 0 Å². The second kappa shape index (κ2) is 6.37. The Labute approximate surface area is 111 Å². The van der Waals surface area contributed by atoms with E-state index in [0.29, 0.717) is 26.3 Å². The molecule has 0 radical (unpaired) electrons. The molecule has 3 N–H and O–H groups in total. The van der Waals surface area contributed by atoms with Gasteiger partial charge in [-0.3, -0.25) is 4.79 Å². The van der Waals surface area contributed by atoms with Crippen molar-refractivity contribution in [3.05, 3.63) is 0 Å². The summed E-state index contributed by atoms with van der Waals surface area (Å²) in [5, 5.41) is 13.5. The highest BCUT2D eigenvalue weighted by Crippen LogP contribution is 2.01. The number of urea groups is 1. The number of amides is 3. The van der Waals surface area contributed by atoms with Crippen molar-refractivity contribution in [2.45, 2.75) is 19.4 Å². The first kappa shape index (κ1) is 15.2. The Balaban J connectivity index is 2.33. The minimum Gasteiger partial charge on any atom is -0.480 e. The molecule has 19 heavy (non-hydrogen) atoms. The van der Waals surface area contributed by atoms with Crippen molar-refractivity contribution in [1.82, 2.24) is 15.5 Å². The van der Waals surface area contributed by atoms with E-state index in [-0.39, 0.29) is 12.5 Å². The van der Waals surface area contributed by atoms with Crippen molar-refractivity contribution in [2.24, 2.45) is 0 Å². The topological polar surface area (TPSA) is 108 Å². The van der Waals surface area contributed by atoms with Crippen LogP contribution >= 0.6 is 0 Å². The van der Waals surface area contributed by atoms with Crippen LogP contribution in [0.2, 0.25) is 0 Å². The van der Waals surface area contributed by atoms with Crippen molar-refractivity contribution in [2.75, 3.05) is 32.8 Å². The van der Waals surface area contributed by atoms with Crippen LogP contribution in [0.25, 0.3) is 0 Å². The van der Waals surface area contributed by atoms with E-state index in [4.69, 9.17) is 9.84 Å². The van der Waals surface area contributed by atoms with Gasteiger partial charge in [-0.05, 0) is 13.8 Å². The zero-order valence-electron chi connectivity index (χ0n) is 11.1. The van der Waals surface area contributed by atoms with Gasteiger partial charge in [0.05, 0.1) is 19.8 Å².